The number of rotatable bonds is 12. The van der Waals surface area contributed by atoms with E-state index < -0.39 is 17.8 Å². The summed E-state index contributed by atoms with van der Waals surface area (Å²) in [6, 6.07) is 3.18. The van der Waals surface area contributed by atoms with Gasteiger partial charge in [-0.15, -0.1) is 5.10 Å². The molecule has 1 atom stereocenters. The van der Waals surface area contributed by atoms with Crippen LogP contribution >= 0.6 is 0 Å². The first-order valence-corrected chi connectivity index (χ1v) is 14.2. The molecule has 2 aliphatic carbocycles. The van der Waals surface area contributed by atoms with Crippen LogP contribution < -0.4 is 38.1 Å². The molecule has 0 radical (unpaired) electrons. The molecule has 224 valence electrons. The number of fused-ring (bicyclic) bond motifs is 1. The number of nitrogens with two attached hydrogens (primary N) is 2. The summed E-state index contributed by atoms with van der Waals surface area (Å²) in [5, 5.41) is 27.1. The highest BCUT2D eigenvalue weighted by atomic mass is 19.1. The zero-order valence-corrected chi connectivity index (χ0v) is 23.2. The summed E-state index contributed by atoms with van der Waals surface area (Å²) < 4.78 is 15.6. The predicted molar refractivity (Wildman–Crippen MR) is 157 cm³/mol. The summed E-state index contributed by atoms with van der Waals surface area (Å²) in [5.74, 6) is -0.866. The average Bonchev–Trinajstić information content (AvgIpc) is 3.68. The molecular weight excluding hydrogens is 543 g/mol. The quantitative estimate of drug-likeness (QED) is 0.0878. The second-order valence-electron chi connectivity index (χ2n) is 10.8. The van der Waals surface area contributed by atoms with Gasteiger partial charge in [-0.05, 0) is 57.4 Å². The molecule has 3 aromatic rings. The van der Waals surface area contributed by atoms with E-state index in [1.165, 1.54) is 23.0 Å². The Morgan fingerprint density at radius 2 is 1.79 bits per heavy atom. The zero-order chi connectivity index (χ0) is 29.6. The Kier molecular flexibility index (Phi) is 8.95. The van der Waals surface area contributed by atoms with Crippen LogP contribution in [0.1, 0.15) is 61.9 Å². The molecule has 0 aliphatic heterocycles. The summed E-state index contributed by atoms with van der Waals surface area (Å²) >= 11 is 0. The van der Waals surface area contributed by atoms with Gasteiger partial charge in [0.2, 0.25) is 5.91 Å². The SMILES string of the molecule is N=C(N)NCCC[C@H](N)C(=O)NC1CCC(Nc2cc(NC3CC3)c3ncc(C(=O)Nc4ccncc4F)n3n2)CC1. The monoisotopic (exact) mass is 580 g/mol. The molecule has 15 heteroatoms. The highest BCUT2D eigenvalue weighted by molar-refractivity contribution is 6.03. The molecule has 0 spiro atoms. The van der Waals surface area contributed by atoms with Gasteiger partial charge in [-0.1, -0.05) is 0 Å². The van der Waals surface area contributed by atoms with Crippen LogP contribution in [0.5, 0.6) is 0 Å². The van der Waals surface area contributed by atoms with Gasteiger partial charge in [-0.3, -0.25) is 20.0 Å². The maximum Gasteiger partial charge on any atom is 0.276 e. The minimum absolute atomic E-state index is 0.0188. The topological polar surface area (TPSA) is 213 Å². The largest absolute Gasteiger partial charge is 0.379 e. The Hall–Kier alpha value is -4.53. The van der Waals surface area contributed by atoms with Crippen molar-refractivity contribution in [2.75, 3.05) is 22.5 Å². The maximum atomic E-state index is 14.1. The highest BCUT2D eigenvalue weighted by Gasteiger charge is 2.27. The standard InChI is InChI=1S/C27H37FN12O2/c28-18-13-32-11-9-20(18)38-26(42)22-14-34-24-21(35-15-3-4-15)12-23(39-40(22)24)36-16-5-7-17(8-6-16)37-25(41)19(29)2-1-10-33-27(30)31/h9,11-17,19,35H,1-8,10,29H2,(H,36,39)(H,37,41)(H4,30,31,33)(H,32,38,42)/t16?,17?,19-/m0/s1. The fraction of sp³-hybridized carbons (Fsp3) is 0.481. The summed E-state index contributed by atoms with van der Waals surface area (Å²) in [7, 11) is 0. The molecule has 2 saturated carbocycles. The molecule has 0 bridgehead atoms. The van der Waals surface area contributed by atoms with E-state index in [2.05, 4.69) is 41.7 Å². The second kappa shape index (κ2) is 13.0. The highest BCUT2D eigenvalue weighted by Crippen LogP contribution is 2.30. The minimum Gasteiger partial charge on any atom is -0.379 e. The van der Waals surface area contributed by atoms with Crippen LogP contribution in [0.2, 0.25) is 0 Å². The first kappa shape index (κ1) is 29.0. The molecule has 0 aromatic carbocycles. The lowest BCUT2D eigenvalue weighted by molar-refractivity contribution is -0.123. The average molecular weight is 581 g/mol. The van der Waals surface area contributed by atoms with Crippen molar-refractivity contribution in [1.29, 1.82) is 5.41 Å². The Morgan fingerprint density at radius 3 is 2.50 bits per heavy atom. The number of nitrogens with zero attached hydrogens (tertiary/aromatic N) is 4. The van der Waals surface area contributed by atoms with Crippen molar-refractivity contribution in [2.24, 2.45) is 11.5 Å². The third-order valence-corrected chi connectivity index (χ3v) is 7.43. The van der Waals surface area contributed by atoms with E-state index >= 15 is 0 Å². The molecule has 2 aliphatic rings. The van der Waals surface area contributed by atoms with Crippen molar-refractivity contribution in [3.63, 3.8) is 0 Å². The first-order chi connectivity index (χ1) is 20.3. The molecule has 0 unspecified atom stereocenters. The van der Waals surface area contributed by atoms with Gasteiger partial charge in [0.1, 0.15) is 5.82 Å². The van der Waals surface area contributed by atoms with Gasteiger partial charge in [-0.25, -0.2) is 13.9 Å². The Labute approximate surface area is 242 Å². The van der Waals surface area contributed by atoms with Crippen molar-refractivity contribution < 1.29 is 14.0 Å². The van der Waals surface area contributed by atoms with Gasteiger partial charge < -0.3 is 38.1 Å². The number of aromatic nitrogens is 4. The Balaban J connectivity index is 1.21. The molecule has 2 amide bonds. The fourth-order valence-corrected chi connectivity index (χ4v) is 4.99. The number of imidazole rings is 1. The molecule has 10 N–H and O–H groups in total. The first-order valence-electron chi connectivity index (χ1n) is 14.2. The number of carbonyl (C=O) groups is 2. The van der Waals surface area contributed by atoms with E-state index in [-0.39, 0.29) is 35.3 Å². The zero-order valence-electron chi connectivity index (χ0n) is 23.2. The second-order valence-corrected chi connectivity index (χ2v) is 10.8. The normalized spacial score (nSPS) is 19.1. The van der Waals surface area contributed by atoms with E-state index in [0.717, 1.165) is 50.4 Å². The third-order valence-electron chi connectivity index (χ3n) is 7.43. The molecule has 3 aromatic heterocycles. The van der Waals surface area contributed by atoms with Crippen molar-refractivity contribution in [1.82, 2.24) is 30.2 Å². The third kappa shape index (κ3) is 7.40. The van der Waals surface area contributed by atoms with Crippen LogP contribution in [0, 0.1) is 11.2 Å². The van der Waals surface area contributed by atoms with E-state index in [0.29, 0.717) is 36.9 Å². The van der Waals surface area contributed by atoms with E-state index in [1.54, 1.807) is 0 Å². The lowest BCUT2D eigenvalue weighted by Gasteiger charge is -2.30. The van der Waals surface area contributed by atoms with Crippen molar-refractivity contribution in [3.8, 4) is 0 Å². The lowest BCUT2D eigenvalue weighted by Crippen LogP contribution is -2.47. The van der Waals surface area contributed by atoms with Crippen molar-refractivity contribution in [3.05, 3.63) is 42.2 Å². The van der Waals surface area contributed by atoms with Gasteiger partial charge in [0.25, 0.3) is 5.91 Å². The van der Waals surface area contributed by atoms with Crippen LogP contribution in [0.3, 0.4) is 0 Å². The number of guanidine groups is 1. The molecule has 5 rings (SSSR count). The van der Waals surface area contributed by atoms with Crippen LogP contribution in [0.25, 0.3) is 5.65 Å². The molecular formula is C27H37FN12O2. The number of halogens is 1. The van der Waals surface area contributed by atoms with Crippen molar-refractivity contribution in [2.45, 2.75) is 75.5 Å². The number of hydrogen-bond donors (Lipinski definition) is 8. The molecule has 42 heavy (non-hydrogen) atoms. The minimum atomic E-state index is -0.637. The van der Waals surface area contributed by atoms with Crippen LogP contribution in [0.4, 0.5) is 21.6 Å². The summed E-state index contributed by atoms with van der Waals surface area (Å²) in [5.41, 5.74) is 12.8. The van der Waals surface area contributed by atoms with E-state index in [1.807, 2.05) is 6.07 Å². The molecule has 2 fully saturated rings. The molecule has 14 nitrogen and oxygen atoms in total. The van der Waals surface area contributed by atoms with Crippen LogP contribution in [-0.2, 0) is 4.79 Å². The molecule has 0 saturated heterocycles. The number of anilines is 3. The summed E-state index contributed by atoms with van der Waals surface area (Å²) in [6.07, 6.45) is 10.3. The number of amides is 2. The Morgan fingerprint density at radius 1 is 1.07 bits per heavy atom. The number of carbonyl (C=O) groups excluding carboxylic acids is 2. The van der Waals surface area contributed by atoms with E-state index in [9.17, 15) is 14.0 Å². The van der Waals surface area contributed by atoms with Gasteiger partial charge in [0, 0.05) is 36.9 Å². The lowest BCUT2D eigenvalue weighted by atomic mass is 9.91. The molecule has 3 heterocycles. The summed E-state index contributed by atoms with van der Waals surface area (Å²) in [4.78, 5) is 33.7. The van der Waals surface area contributed by atoms with Gasteiger partial charge >= 0.3 is 0 Å². The summed E-state index contributed by atoms with van der Waals surface area (Å²) in [6.45, 7) is 0.499. The fourth-order valence-electron chi connectivity index (χ4n) is 4.99. The number of hydrogen-bond acceptors (Lipinski definition) is 9. The smallest absolute Gasteiger partial charge is 0.276 e. The Bertz CT molecular complexity index is 1430. The number of nitrogens with one attached hydrogen (secondary N) is 6. The van der Waals surface area contributed by atoms with Crippen LogP contribution in [0.15, 0.2) is 30.7 Å². The van der Waals surface area contributed by atoms with Crippen molar-refractivity contribution >= 4 is 40.6 Å². The predicted octanol–water partition coefficient (Wildman–Crippen LogP) is 1.52. The van der Waals surface area contributed by atoms with Gasteiger partial charge in [0.15, 0.2) is 23.1 Å². The van der Waals surface area contributed by atoms with Crippen LogP contribution in [-0.4, -0.2) is 68.1 Å². The maximum absolute atomic E-state index is 14.1. The van der Waals surface area contributed by atoms with Gasteiger partial charge in [-0.2, -0.15) is 0 Å². The van der Waals surface area contributed by atoms with E-state index in [4.69, 9.17) is 16.9 Å². The number of pyridine rings is 1. The van der Waals surface area contributed by atoms with Gasteiger partial charge in [0.05, 0.1) is 29.8 Å².